The number of nitrogens with zero attached hydrogens (tertiary/aromatic N) is 1. The zero-order chi connectivity index (χ0) is 24.6. The molecular formula is C31H41NO2. The Balaban J connectivity index is 1.82. The van der Waals surface area contributed by atoms with E-state index in [0.717, 1.165) is 62.7 Å². The minimum absolute atomic E-state index is 0.0461. The van der Waals surface area contributed by atoms with E-state index in [2.05, 4.69) is 75.0 Å². The van der Waals surface area contributed by atoms with Gasteiger partial charge in [0.2, 0.25) is 6.54 Å². The van der Waals surface area contributed by atoms with E-state index >= 15 is 0 Å². The van der Waals surface area contributed by atoms with Crippen molar-refractivity contribution in [3.63, 3.8) is 0 Å². The molecule has 1 saturated carbocycles. The molecule has 0 spiro atoms. The molecule has 0 aromatic heterocycles. The summed E-state index contributed by atoms with van der Waals surface area (Å²) in [6.07, 6.45) is 11.9. The number of aryl methyl sites for hydroxylation is 2. The standard InChI is InChI=1S/C31H41NO2/c1-6-31(7-2,28-14-15-29(25(4)23-28)34-21-11-10-20-32-5)27-13-12-26(24(3)22-27)16-19-30(33)17-8-9-18-30/h12-16,19,22-23,33H,6-11,17-18,20-21H2,1-4H3/b19-16+. The first kappa shape index (κ1) is 26.0. The van der Waals surface area contributed by atoms with Crippen LogP contribution in [-0.4, -0.2) is 23.9 Å². The Morgan fingerprint density at radius 2 is 1.65 bits per heavy atom. The molecule has 0 atom stereocenters. The van der Waals surface area contributed by atoms with Crippen LogP contribution in [0.1, 0.15) is 93.0 Å². The molecule has 1 aliphatic rings. The van der Waals surface area contributed by atoms with Crippen molar-refractivity contribution in [3.8, 4) is 5.75 Å². The highest BCUT2D eigenvalue weighted by atomic mass is 16.5. The van der Waals surface area contributed by atoms with Gasteiger partial charge in [-0.25, -0.2) is 6.57 Å². The van der Waals surface area contributed by atoms with E-state index in [1.165, 1.54) is 22.3 Å². The highest BCUT2D eigenvalue weighted by Gasteiger charge is 2.32. The van der Waals surface area contributed by atoms with Gasteiger partial charge in [-0.2, -0.15) is 0 Å². The number of aliphatic hydroxyl groups is 1. The van der Waals surface area contributed by atoms with Gasteiger partial charge in [0.1, 0.15) is 5.75 Å². The molecule has 3 nitrogen and oxygen atoms in total. The van der Waals surface area contributed by atoms with Crippen molar-refractivity contribution in [3.05, 3.63) is 81.7 Å². The summed E-state index contributed by atoms with van der Waals surface area (Å²) in [5.41, 5.74) is 5.60. The minimum atomic E-state index is -0.625. The third-order valence-corrected chi connectivity index (χ3v) is 7.72. The van der Waals surface area contributed by atoms with Gasteiger partial charge < -0.3 is 14.7 Å². The maximum atomic E-state index is 10.7. The van der Waals surface area contributed by atoms with E-state index in [-0.39, 0.29) is 5.41 Å². The molecular weight excluding hydrogens is 418 g/mol. The predicted octanol–water partition coefficient (Wildman–Crippen LogP) is 7.81. The van der Waals surface area contributed by atoms with Gasteiger partial charge in [-0.3, -0.25) is 0 Å². The second-order valence-corrected chi connectivity index (χ2v) is 9.92. The molecule has 1 fully saturated rings. The normalized spacial score (nSPS) is 15.5. The van der Waals surface area contributed by atoms with Crippen LogP contribution in [-0.2, 0) is 5.41 Å². The van der Waals surface area contributed by atoms with Crippen LogP contribution in [0.4, 0.5) is 0 Å². The van der Waals surface area contributed by atoms with Gasteiger partial charge in [0, 0.05) is 11.8 Å². The molecule has 2 aromatic rings. The van der Waals surface area contributed by atoms with Crippen LogP contribution in [0.15, 0.2) is 42.5 Å². The Hall–Kier alpha value is -2.57. The molecule has 34 heavy (non-hydrogen) atoms. The van der Waals surface area contributed by atoms with Crippen molar-refractivity contribution in [1.82, 2.24) is 0 Å². The molecule has 182 valence electrons. The van der Waals surface area contributed by atoms with E-state index in [4.69, 9.17) is 11.3 Å². The molecule has 3 rings (SSSR count). The van der Waals surface area contributed by atoms with E-state index < -0.39 is 5.60 Å². The minimum Gasteiger partial charge on any atom is -0.493 e. The van der Waals surface area contributed by atoms with E-state index in [0.29, 0.717) is 13.2 Å². The number of rotatable bonds is 11. The lowest BCUT2D eigenvalue weighted by molar-refractivity contribution is 0.100. The van der Waals surface area contributed by atoms with Crippen LogP contribution in [0.25, 0.3) is 10.9 Å². The van der Waals surface area contributed by atoms with Gasteiger partial charge in [-0.1, -0.05) is 69.2 Å². The Labute approximate surface area is 206 Å². The summed E-state index contributed by atoms with van der Waals surface area (Å²) in [4.78, 5) is 3.41. The van der Waals surface area contributed by atoms with Crippen molar-refractivity contribution >= 4 is 6.08 Å². The van der Waals surface area contributed by atoms with Crippen LogP contribution < -0.4 is 4.74 Å². The third kappa shape index (κ3) is 5.91. The summed E-state index contributed by atoms with van der Waals surface area (Å²) in [6.45, 7) is 17.0. The number of hydrogen-bond acceptors (Lipinski definition) is 2. The fourth-order valence-corrected chi connectivity index (χ4v) is 5.38. The largest absolute Gasteiger partial charge is 0.493 e. The second kappa shape index (κ2) is 11.7. The summed E-state index contributed by atoms with van der Waals surface area (Å²) in [7, 11) is 0. The van der Waals surface area contributed by atoms with Gasteiger partial charge in [0.25, 0.3) is 0 Å². The predicted molar refractivity (Wildman–Crippen MR) is 142 cm³/mol. The first-order valence-corrected chi connectivity index (χ1v) is 13.0. The lowest BCUT2D eigenvalue weighted by atomic mass is 9.70. The van der Waals surface area contributed by atoms with Gasteiger partial charge in [-0.05, 0) is 79.8 Å². The van der Waals surface area contributed by atoms with Crippen LogP contribution in [0.3, 0.4) is 0 Å². The number of unbranched alkanes of at least 4 members (excludes halogenated alkanes) is 1. The van der Waals surface area contributed by atoms with E-state index in [1.807, 2.05) is 6.08 Å². The van der Waals surface area contributed by atoms with Crippen LogP contribution in [0.2, 0.25) is 0 Å². The fourth-order valence-electron chi connectivity index (χ4n) is 5.38. The van der Waals surface area contributed by atoms with Crippen molar-refractivity contribution in [2.45, 2.75) is 90.1 Å². The monoisotopic (exact) mass is 459 g/mol. The zero-order valence-electron chi connectivity index (χ0n) is 21.5. The molecule has 0 saturated heterocycles. The quantitative estimate of drug-likeness (QED) is 0.275. The highest BCUT2D eigenvalue weighted by Crippen LogP contribution is 2.41. The lowest BCUT2D eigenvalue weighted by Crippen LogP contribution is -2.26. The Kier molecular flexibility index (Phi) is 8.97. The van der Waals surface area contributed by atoms with Crippen molar-refractivity contribution in [1.29, 1.82) is 0 Å². The van der Waals surface area contributed by atoms with E-state index in [1.54, 1.807) is 0 Å². The molecule has 1 aliphatic carbocycles. The Morgan fingerprint density at radius 1 is 1.00 bits per heavy atom. The summed E-state index contributed by atoms with van der Waals surface area (Å²) in [6, 6.07) is 13.5. The highest BCUT2D eigenvalue weighted by molar-refractivity contribution is 5.57. The van der Waals surface area contributed by atoms with Gasteiger partial charge >= 0.3 is 0 Å². The fraction of sp³-hybridized carbons (Fsp3) is 0.516. The first-order valence-electron chi connectivity index (χ1n) is 13.0. The van der Waals surface area contributed by atoms with Gasteiger partial charge in [-0.15, -0.1) is 0 Å². The second-order valence-electron chi connectivity index (χ2n) is 9.92. The first-order chi connectivity index (χ1) is 16.4. The van der Waals surface area contributed by atoms with Crippen LogP contribution >= 0.6 is 0 Å². The SMILES string of the molecule is [C-]#[N+]CCCCOc1ccc(C(CC)(CC)c2ccc(/C=C/C3(O)CCCC3)c(C)c2)cc1C. The molecule has 0 amide bonds. The number of hydrogen-bond donors (Lipinski definition) is 1. The molecule has 3 heteroatoms. The number of benzene rings is 2. The topological polar surface area (TPSA) is 33.8 Å². The summed E-state index contributed by atoms with van der Waals surface area (Å²) in [5, 5.41) is 10.7. The lowest BCUT2D eigenvalue weighted by Gasteiger charge is -2.34. The van der Waals surface area contributed by atoms with E-state index in [9.17, 15) is 5.11 Å². The Bertz CT molecular complexity index is 1020. The molecule has 0 radical (unpaired) electrons. The molecule has 1 N–H and O–H groups in total. The summed E-state index contributed by atoms with van der Waals surface area (Å²) in [5.74, 6) is 0.939. The van der Waals surface area contributed by atoms with Gasteiger partial charge in [0.15, 0.2) is 0 Å². The molecule has 0 aliphatic heterocycles. The van der Waals surface area contributed by atoms with Crippen LogP contribution in [0.5, 0.6) is 5.75 Å². The number of ether oxygens (including phenoxy) is 1. The molecule has 2 aromatic carbocycles. The average molecular weight is 460 g/mol. The van der Waals surface area contributed by atoms with Crippen LogP contribution in [0, 0.1) is 20.4 Å². The summed E-state index contributed by atoms with van der Waals surface area (Å²) < 4.78 is 6.01. The average Bonchev–Trinajstić information content (AvgIpc) is 3.27. The van der Waals surface area contributed by atoms with Gasteiger partial charge in [0.05, 0.1) is 12.2 Å². The molecule has 0 heterocycles. The molecule has 0 unspecified atom stereocenters. The molecule has 0 bridgehead atoms. The third-order valence-electron chi connectivity index (χ3n) is 7.72. The zero-order valence-corrected chi connectivity index (χ0v) is 21.5. The maximum Gasteiger partial charge on any atom is 0.214 e. The smallest absolute Gasteiger partial charge is 0.214 e. The maximum absolute atomic E-state index is 10.7. The summed E-state index contributed by atoms with van der Waals surface area (Å²) >= 11 is 0. The van der Waals surface area contributed by atoms with Crippen molar-refractivity contribution < 1.29 is 9.84 Å². The Morgan fingerprint density at radius 3 is 2.24 bits per heavy atom. The van der Waals surface area contributed by atoms with Crippen molar-refractivity contribution in [2.24, 2.45) is 0 Å². The van der Waals surface area contributed by atoms with Crippen molar-refractivity contribution in [2.75, 3.05) is 13.2 Å².